The Kier molecular flexibility index (Phi) is 4.39. The Balaban J connectivity index is 2.17. The summed E-state index contributed by atoms with van der Waals surface area (Å²) in [5.74, 6) is -0.673. The van der Waals surface area contributed by atoms with E-state index in [1.807, 2.05) is 0 Å². The maximum absolute atomic E-state index is 12.3. The molecule has 0 unspecified atom stereocenters. The highest BCUT2D eigenvalue weighted by Crippen LogP contribution is 2.29. The van der Waals surface area contributed by atoms with Crippen LogP contribution in [0.2, 0.25) is 0 Å². The first-order valence-corrected chi connectivity index (χ1v) is 6.93. The number of rotatable bonds is 4. The standard InChI is InChI=1S/C15H20N2O3/c1-2-20-13(18)11-7-3-4-8-12(11)17-14(19)15(16)9-5-6-10-15/h3-4,7-8H,2,5-6,9-10,16H2,1H3,(H,17,19). The Bertz CT molecular complexity index is 508. The molecule has 3 N–H and O–H groups in total. The lowest BCUT2D eigenvalue weighted by molar-refractivity contribution is -0.121. The summed E-state index contributed by atoms with van der Waals surface area (Å²) in [4.78, 5) is 24.1. The fraction of sp³-hybridized carbons (Fsp3) is 0.467. The molecule has 0 spiro atoms. The van der Waals surface area contributed by atoms with Gasteiger partial charge in [-0.15, -0.1) is 0 Å². The molecular formula is C15H20N2O3. The summed E-state index contributed by atoms with van der Waals surface area (Å²) in [6, 6.07) is 6.81. The van der Waals surface area contributed by atoms with Gasteiger partial charge in [0.05, 0.1) is 23.4 Å². The van der Waals surface area contributed by atoms with Crippen LogP contribution in [0.3, 0.4) is 0 Å². The van der Waals surface area contributed by atoms with Gasteiger partial charge in [-0.2, -0.15) is 0 Å². The molecule has 108 valence electrons. The van der Waals surface area contributed by atoms with Crippen molar-refractivity contribution in [3.8, 4) is 0 Å². The Morgan fingerprint density at radius 2 is 1.95 bits per heavy atom. The molecule has 1 aromatic rings. The molecule has 0 radical (unpaired) electrons. The molecular weight excluding hydrogens is 256 g/mol. The zero-order valence-electron chi connectivity index (χ0n) is 11.6. The van der Waals surface area contributed by atoms with Gasteiger partial charge < -0.3 is 15.8 Å². The summed E-state index contributed by atoms with van der Waals surface area (Å²) in [5, 5.41) is 2.77. The summed E-state index contributed by atoms with van der Waals surface area (Å²) in [6.45, 7) is 2.04. The van der Waals surface area contributed by atoms with Crippen molar-refractivity contribution in [3.63, 3.8) is 0 Å². The number of esters is 1. The number of amides is 1. The molecule has 1 aromatic carbocycles. The largest absolute Gasteiger partial charge is 0.462 e. The SMILES string of the molecule is CCOC(=O)c1ccccc1NC(=O)C1(N)CCCC1. The predicted molar refractivity (Wildman–Crippen MR) is 76.4 cm³/mol. The molecule has 5 nitrogen and oxygen atoms in total. The third-order valence-corrected chi connectivity index (χ3v) is 3.62. The Morgan fingerprint density at radius 1 is 1.30 bits per heavy atom. The van der Waals surface area contributed by atoms with E-state index in [0.29, 0.717) is 30.7 Å². The van der Waals surface area contributed by atoms with Crippen molar-refractivity contribution in [1.29, 1.82) is 0 Å². The lowest BCUT2D eigenvalue weighted by atomic mass is 9.98. The van der Waals surface area contributed by atoms with Gasteiger partial charge in [0.1, 0.15) is 0 Å². The third-order valence-electron chi connectivity index (χ3n) is 3.62. The van der Waals surface area contributed by atoms with Crippen molar-refractivity contribution in [2.75, 3.05) is 11.9 Å². The Morgan fingerprint density at radius 3 is 2.60 bits per heavy atom. The molecule has 0 bridgehead atoms. The van der Waals surface area contributed by atoms with E-state index < -0.39 is 11.5 Å². The van der Waals surface area contributed by atoms with Crippen molar-refractivity contribution in [1.82, 2.24) is 0 Å². The first kappa shape index (κ1) is 14.5. The number of carbonyl (C=O) groups is 2. The molecule has 1 amide bonds. The Labute approximate surface area is 118 Å². The second-order valence-corrected chi connectivity index (χ2v) is 5.08. The predicted octanol–water partition coefficient (Wildman–Crippen LogP) is 2.07. The van der Waals surface area contributed by atoms with Crippen LogP contribution in [-0.2, 0) is 9.53 Å². The molecule has 0 aromatic heterocycles. The number of nitrogens with one attached hydrogen (secondary N) is 1. The maximum Gasteiger partial charge on any atom is 0.340 e. The van der Waals surface area contributed by atoms with E-state index in [4.69, 9.17) is 10.5 Å². The van der Waals surface area contributed by atoms with Crippen molar-refractivity contribution >= 4 is 17.6 Å². The summed E-state index contributed by atoms with van der Waals surface area (Å²) in [6.07, 6.45) is 3.29. The van der Waals surface area contributed by atoms with E-state index in [2.05, 4.69) is 5.32 Å². The normalized spacial score (nSPS) is 16.7. The highest BCUT2D eigenvalue weighted by molar-refractivity contribution is 6.04. The van der Waals surface area contributed by atoms with Crippen LogP contribution < -0.4 is 11.1 Å². The molecule has 2 rings (SSSR count). The summed E-state index contributed by atoms with van der Waals surface area (Å²) < 4.78 is 4.98. The average molecular weight is 276 g/mol. The lowest BCUT2D eigenvalue weighted by Gasteiger charge is -2.22. The molecule has 0 atom stereocenters. The third kappa shape index (κ3) is 2.99. The number of para-hydroxylation sites is 1. The van der Waals surface area contributed by atoms with Crippen LogP contribution >= 0.6 is 0 Å². The molecule has 0 aliphatic heterocycles. The van der Waals surface area contributed by atoms with Gasteiger partial charge in [0, 0.05) is 0 Å². The molecule has 1 aliphatic rings. The van der Waals surface area contributed by atoms with Crippen LogP contribution in [0.15, 0.2) is 24.3 Å². The van der Waals surface area contributed by atoms with Gasteiger partial charge in [-0.05, 0) is 31.9 Å². The van der Waals surface area contributed by atoms with Crippen LogP contribution in [-0.4, -0.2) is 24.0 Å². The second-order valence-electron chi connectivity index (χ2n) is 5.08. The minimum Gasteiger partial charge on any atom is -0.462 e. The number of hydrogen-bond acceptors (Lipinski definition) is 4. The lowest BCUT2D eigenvalue weighted by Crippen LogP contribution is -2.48. The molecule has 0 saturated heterocycles. The van der Waals surface area contributed by atoms with Crippen LogP contribution in [0.4, 0.5) is 5.69 Å². The molecule has 0 heterocycles. The maximum atomic E-state index is 12.3. The molecule has 20 heavy (non-hydrogen) atoms. The van der Waals surface area contributed by atoms with Crippen molar-refractivity contribution in [2.24, 2.45) is 5.73 Å². The number of carbonyl (C=O) groups excluding carboxylic acids is 2. The average Bonchev–Trinajstić information content (AvgIpc) is 2.88. The monoisotopic (exact) mass is 276 g/mol. The highest BCUT2D eigenvalue weighted by atomic mass is 16.5. The number of anilines is 1. The number of ether oxygens (including phenoxy) is 1. The minimum atomic E-state index is -0.818. The summed E-state index contributed by atoms with van der Waals surface area (Å²) >= 11 is 0. The molecule has 1 fully saturated rings. The van der Waals surface area contributed by atoms with Crippen molar-refractivity contribution in [2.45, 2.75) is 38.1 Å². The molecule has 1 saturated carbocycles. The molecule has 1 aliphatic carbocycles. The quantitative estimate of drug-likeness (QED) is 0.825. The van der Waals surface area contributed by atoms with E-state index in [9.17, 15) is 9.59 Å². The smallest absolute Gasteiger partial charge is 0.340 e. The Hall–Kier alpha value is -1.88. The zero-order chi connectivity index (χ0) is 14.6. The van der Waals surface area contributed by atoms with Gasteiger partial charge >= 0.3 is 5.97 Å². The summed E-state index contributed by atoms with van der Waals surface area (Å²) in [5.41, 5.74) is 6.09. The van der Waals surface area contributed by atoms with E-state index in [1.54, 1.807) is 31.2 Å². The first-order valence-electron chi connectivity index (χ1n) is 6.93. The topological polar surface area (TPSA) is 81.4 Å². The van der Waals surface area contributed by atoms with Gasteiger partial charge in [-0.25, -0.2) is 4.79 Å². The number of benzene rings is 1. The highest BCUT2D eigenvalue weighted by Gasteiger charge is 2.37. The van der Waals surface area contributed by atoms with Crippen LogP contribution in [0.1, 0.15) is 43.0 Å². The number of hydrogen-bond donors (Lipinski definition) is 2. The van der Waals surface area contributed by atoms with Gasteiger partial charge in [0.15, 0.2) is 0 Å². The van der Waals surface area contributed by atoms with Crippen molar-refractivity contribution in [3.05, 3.63) is 29.8 Å². The van der Waals surface area contributed by atoms with Gasteiger partial charge in [-0.1, -0.05) is 25.0 Å². The number of nitrogens with two attached hydrogens (primary N) is 1. The van der Waals surface area contributed by atoms with Gasteiger partial charge in [0.25, 0.3) is 0 Å². The van der Waals surface area contributed by atoms with Crippen LogP contribution in [0.5, 0.6) is 0 Å². The van der Waals surface area contributed by atoms with Crippen molar-refractivity contribution < 1.29 is 14.3 Å². The van der Waals surface area contributed by atoms with E-state index >= 15 is 0 Å². The van der Waals surface area contributed by atoms with E-state index in [1.165, 1.54) is 0 Å². The van der Waals surface area contributed by atoms with Gasteiger partial charge in [-0.3, -0.25) is 4.79 Å². The van der Waals surface area contributed by atoms with E-state index in [-0.39, 0.29) is 5.91 Å². The fourth-order valence-electron chi connectivity index (χ4n) is 2.46. The summed E-state index contributed by atoms with van der Waals surface area (Å²) in [7, 11) is 0. The van der Waals surface area contributed by atoms with Crippen LogP contribution in [0, 0.1) is 0 Å². The van der Waals surface area contributed by atoms with E-state index in [0.717, 1.165) is 12.8 Å². The minimum absolute atomic E-state index is 0.230. The second kappa shape index (κ2) is 6.05. The zero-order valence-corrected chi connectivity index (χ0v) is 11.6. The van der Waals surface area contributed by atoms with Crippen LogP contribution in [0.25, 0.3) is 0 Å². The fourth-order valence-corrected chi connectivity index (χ4v) is 2.46. The van der Waals surface area contributed by atoms with Gasteiger partial charge in [0.2, 0.25) is 5.91 Å². The first-order chi connectivity index (χ1) is 9.57. The molecule has 5 heteroatoms.